The van der Waals surface area contributed by atoms with E-state index in [4.69, 9.17) is 51.5 Å². The van der Waals surface area contributed by atoms with Gasteiger partial charge in [0.25, 0.3) is 0 Å². The number of anilines is 1. The quantitative estimate of drug-likeness (QED) is 0.236. The zero-order valence-corrected chi connectivity index (χ0v) is 23.4. The van der Waals surface area contributed by atoms with E-state index in [1.807, 2.05) is 0 Å². The number of fused-ring (bicyclic) bond motifs is 4. The Morgan fingerprint density at radius 3 is 2.62 bits per heavy atom. The van der Waals surface area contributed by atoms with Crippen molar-refractivity contribution in [2.24, 2.45) is 11.3 Å². The molecule has 4 heterocycles. The average Bonchev–Trinajstić information content (AvgIpc) is 3.66. The van der Waals surface area contributed by atoms with Gasteiger partial charge in [0.05, 0.1) is 11.7 Å². The van der Waals surface area contributed by atoms with Crippen molar-refractivity contribution < 1.29 is 37.4 Å². The summed E-state index contributed by atoms with van der Waals surface area (Å²) in [5, 5.41) is -0.0901. The molecule has 4 aliphatic rings. The molecule has 15 heteroatoms. The topological polar surface area (TPSA) is 184 Å². The molecular weight excluding hydrogens is 574 g/mol. The number of aryl methyl sites for hydroxylation is 1. The minimum Gasteiger partial charge on any atom is -0.457 e. The molecule has 0 amide bonds. The summed E-state index contributed by atoms with van der Waals surface area (Å²) in [6, 6.07) is 0. The van der Waals surface area contributed by atoms with Gasteiger partial charge in [0.1, 0.15) is 24.5 Å². The van der Waals surface area contributed by atoms with Crippen molar-refractivity contribution in [3.63, 3.8) is 0 Å². The van der Waals surface area contributed by atoms with Gasteiger partial charge in [0.15, 0.2) is 29.6 Å². The Morgan fingerprint density at radius 2 is 1.95 bits per heavy atom. The number of aromatic nitrogens is 4. The number of nitrogen functional groups attached to an aromatic ring is 1. The Labute approximate surface area is 243 Å². The summed E-state index contributed by atoms with van der Waals surface area (Å²) in [6.45, 7) is 0.565. The zero-order chi connectivity index (χ0) is 29.6. The average molecular weight is 602 g/mol. The van der Waals surface area contributed by atoms with Gasteiger partial charge in [-0.2, -0.15) is 9.97 Å². The molecule has 4 fully saturated rings. The number of hydrogen-bond acceptors (Lipinski definition) is 13. The predicted molar refractivity (Wildman–Crippen MR) is 143 cm³/mol. The van der Waals surface area contributed by atoms with Crippen LogP contribution in [0.5, 0.6) is 0 Å². The molecule has 3 aromatic rings. The van der Waals surface area contributed by atoms with E-state index in [0.29, 0.717) is 11.4 Å². The third kappa shape index (κ3) is 4.96. The van der Waals surface area contributed by atoms with Gasteiger partial charge >= 0.3 is 17.9 Å². The lowest BCUT2D eigenvalue weighted by atomic mass is 9.61. The summed E-state index contributed by atoms with van der Waals surface area (Å²) < 4.78 is 34.0. The maximum Gasteiger partial charge on any atom is 0.519 e. The molecule has 0 radical (unpaired) electrons. The molecule has 222 valence electrons. The molecule has 3 aromatic heterocycles. The first kappa shape index (κ1) is 28.0. The summed E-state index contributed by atoms with van der Waals surface area (Å²) in [4.78, 5) is 49.8. The van der Waals surface area contributed by atoms with E-state index in [1.165, 1.54) is 13.3 Å². The number of nitrogens with zero attached hydrogens (tertiary/aromatic N) is 4. The van der Waals surface area contributed by atoms with Crippen LogP contribution in [0.15, 0.2) is 20.0 Å². The van der Waals surface area contributed by atoms with E-state index in [2.05, 4.69) is 20.9 Å². The molecule has 0 spiro atoms. The van der Waals surface area contributed by atoms with Crippen molar-refractivity contribution in [3.05, 3.63) is 33.7 Å². The Balaban J connectivity index is 1.24. The number of imidazole rings is 1. The standard InChI is InChI=1S/C27H28ClN5O9/c1-3-27(12-38-24(35)37-11-16-14(2)39-25(36)40-16)17(41-22(34)26-7-4-15(5-8-26)6-9-26)10-18(42-27)33-13-30-19-20(29)31-23(28)32-21(19)33/h1,13,15,17-18H,4-12H2,2H3,(H2,29,31,32)/t15?,17-,18+,26?,27+/m0/s1. The highest BCUT2D eigenvalue weighted by Crippen LogP contribution is 2.52. The van der Waals surface area contributed by atoms with Gasteiger partial charge in [0, 0.05) is 6.42 Å². The molecule has 3 saturated carbocycles. The molecule has 1 saturated heterocycles. The fourth-order valence-corrected chi connectivity index (χ4v) is 6.29. The summed E-state index contributed by atoms with van der Waals surface area (Å²) in [6.07, 6.45) is 9.77. The number of carbonyl (C=O) groups excluding carboxylic acids is 2. The Morgan fingerprint density at radius 1 is 1.21 bits per heavy atom. The Kier molecular flexibility index (Phi) is 7.10. The number of terminal acetylenes is 1. The van der Waals surface area contributed by atoms with E-state index in [0.717, 1.165) is 38.5 Å². The van der Waals surface area contributed by atoms with Crippen molar-refractivity contribution in [3.8, 4) is 12.3 Å². The summed E-state index contributed by atoms with van der Waals surface area (Å²) in [7, 11) is 0. The van der Waals surface area contributed by atoms with Crippen LogP contribution in [-0.2, 0) is 30.3 Å². The second kappa shape index (κ2) is 10.6. The van der Waals surface area contributed by atoms with Crippen LogP contribution >= 0.6 is 11.6 Å². The fraction of sp³-hybridized carbons (Fsp3) is 0.556. The molecule has 2 bridgehead atoms. The van der Waals surface area contributed by atoms with Gasteiger partial charge < -0.3 is 33.5 Å². The number of rotatable bonds is 7. The minimum atomic E-state index is -1.68. The maximum absolute atomic E-state index is 13.7. The van der Waals surface area contributed by atoms with Gasteiger partial charge in [-0.05, 0) is 63.0 Å². The summed E-state index contributed by atoms with van der Waals surface area (Å²) in [5.74, 6) is 2.21. The SMILES string of the molecule is C#C[C@]1(COC(=O)OCc2oc(=O)oc2C)O[C@@H](n2cnc3c(N)nc(Cl)nc32)C[C@@H]1OC(=O)C12CCC(CC1)CC2. The van der Waals surface area contributed by atoms with Gasteiger partial charge in [-0.25, -0.2) is 14.6 Å². The van der Waals surface area contributed by atoms with Crippen LogP contribution in [0.25, 0.3) is 11.2 Å². The van der Waals surface area contributed by atoms with Crippen LogP contribution in [-0.4, -0.2) is 50.0 Å². The minimum absolute atomic E-state index is 0.0287. The van der Waals surface area contributed by atoms with Crippen molar-refractivity contribution in [2.75, 3.05) is 12.3 Å². The number of esters is 1. The van der Waals surface area contributed by atoms with Crippen molar-refractivity contribution >= 4 is 40.7 Å². The van der Waals surface area contributed by atoms with Gasteiger partial charge in [-0.15, -0.1) is 6.42 Å². The van der Waals surface area contributed by atoms with Crippen LogP contribution in [0.1, 0.15) is 62.7 Å². The lowest BCUT2D eigenvalue weighted by Crippen LogP contribution is -2.49. The number of carbonyl (C=O) groups is 2. The number of ether oxygens (including phenoxy) is 4. The van der Waals surface area contributed by atoms with Crippen molar-refractivity contribution in [1.29, 1.82) is 0 Å². The van der Waals surface area contributed by atoms with Crippen molar-refractivity contribution in [2.45, 2.75) is 76.4 Å². The highest BCUT2D eigenvalue weighted by molar-refractivity contribution is 6.28. The third-order valence-electron chi connectivity index (χ3n) is 8.59. The van der Waals surface area contributed by atoms with E-state index >= 15 is 0 Å². The summed E-state index contributed by atoms with van der Waals surface area (Å²) >= 11 is 6.04. The van der Waals surface area contributed by atoms with Crippen LogP contribution in [0.4, 0.5) is 10.6 Å². The van der Waals surface area contributed by atoms with Crippen LogP contribution in [0.3, 0.4) is 0 Å². The molecule has 0 aromatic carbocycles. The van der Waals surface area contributed by atoms with E-state index < -0.39 is 48.5 Å². The molecule has 1 aliphatic heterocycles. The predicted octanol–water partition coefficient (Wildman–Crippen LogP) is 3.44. The molecular formula is C27H28ClN5O9. The van der Waals surface area contributed by atoms with Gasteiger partial charge in [-0.1, -0.05) is 5.92 Å². The largest absolute Gasteiger partial charge is 0.519 e. The smallest absolute Gasteiger partial charge is 0.457 e. The first-order valence-electron chi connectivity index (χ1n) is 13.5. The highest BCUT2D eigenvalue weighted by Gasteiger charge is 2.55. The van der Waals surface area contributed by atoms with Crippen LogP contribution in [0.2, 0.25) is 5.28 Å². The summed E-state index contributed by atoms with van der Waals surface area (Å²) in [5.41, 5.74) is 4.30. The maximum atomic E-state index is 13.7. The Bertz CT molecular complexity index is 1620. The van der Waals surface area contributed by atoms with Gasteiger partial charge in [-0.3, -0.25) is 9.36 Å². The lowest BCUT2D eigenvalue weighted by molar-refractivity contribution is -0.177. The fourth-order valence-electron chi connectivity index (χ4n) is 6.12. The van der Waals surface area contributed by atoms with Crippen molar-refractivity contribution in [1.82, 2.24) is 19.5 Å². The monoisotopic (exact) mass is 601 g/mol. The molecule has 0 unspecified atom stereocenters. The first-order valence-corrected chi connectivity index (χ1v) is 13.9. The second-order valence-electron chi connectivity index (χ2n) is 11.0. The van der Waals surface area contributed by atoms with Crippen LogP contribution < -0.4 is 11.6 Å². The zero-order valence-electron chi connectivity index (χ0n) is 22.7. The van der Waals surface area contributed by atoms with E-state index in [1.54, 1.807) is 4.57 Å². The normalized spacial score (nSPS) is 28.5. The molecule has 3 atom stereocenters. The molecule has 7 rings (SSSR count). The molecule has 14 nitrogen and oxygen atoms in total. The molecule has 42 heavy (non-hydrogen) atoms. The van der Waals surface area contributed by atoms with Crippen LogP contribution in [0, 0.1) is 30.6 Å². The number of halogens is 1. The highest BCUT2D eigenvalue weighted by atomic mass is 35.5. The number of hydrogen-bond donors (Lipinski definition) is 1. The Hall–Kier alpha value is -4.09. The van der Waals surface area contributed by atoms with E-state index in [-0.39, 0.29) is 40.7 Å². The van der Waals surface area contributed by atoms with E-state index in [9.17, 15) is 14.4 Å². The third-order valence-corrected chi connectivity index (χ3v) is 8.76. The van der Waals surface area contributed by atoms with Gasteiger partial charge in [0.2, 0.25) is 10.9 Å². The molecule has 2 N–H and O–H groups in total. The number of nitrogens with two attached hydrogens (primary N) is 1. The first-order chi connectivity index (χ1) is 20.1. The lowest BCUT2D eigenvalue weighted by Gasteiger charge is -2.45. The molecule has 3 aliphatic carbocycles. The second-order valence-corrected chi connectivity index (χ2v) is 11.3.